The number of ether oxygens (including phenoxy) is 1. The first-order valence-electron chi connectivity index (χ1n) is 5.32. The number of carboxylic acid groups (broad SMARTS) is 1. The second-order valence-corrected chi connectivity index (χ2v) is 5.15. The van der Waals surface area contributed by atoms with E-state index >= 15 is 0 Å². The third-order valence-electron chi connectivity index (χ3n) is 1.68. The zero-order chi connectivity index (χ0) is 12.9. The van der Waals surface area contributed by atoms with E-state index in [2.05, 4.69) is 5.32 Å². The van der Waals surface area contributed by atoms with E-state index in [1.165, 1.54) is 0 Å². The Morgan fingerprint density at radius 2 is 1.81 bits per heavy atom. The first-order chi connectivity index (χ1) is 7.11. The van der Waals surface area contributed by atoms with Crippen LogP contribution in [0.1, 0.15) is 41.0 Å². The summed E-state index contributed by atoms with van der Waals surface area (Å²) in [7, 11) is 0. The molecule has 5 nitrogen and oxygen atoms in total. The van der Waals surface area contributed by atoms with Gasteiger partial charge in [-0.2, -0.15) is 0 Å². The lowest BCUT2D eigenvalue weighted by Gasteiger charge is -2.25. The summed E-state index contributed by atoms with van der Waals surface area (Å²) in [5, 5.41) is 13.0. The molecule has 0 aromatic heterocycles. The minimum Gasteiger partial charge on any atom is -0.548 e. The predicted octanol–water partition coefficient (Wildman–Crippen LogP) is 0.676. The monoisotopic (exact) mass is 230 g/mol. The summed E-state index contributed by atoms with van der Waals surface area (Å²) in [5.74, 6) is -1.14. The highest BCUT2D eigenvalue weighted by Crippen LogP contribution is 2.08. The molecule has 0 fully saturated rings. The Labute approximate surface area is 96.2 Å². The van der Waals surface area contributed by atoms with Crippen LogP contribution in [0.4, 0.5) is 4.79 Å². The lowest BCUT2D eigenvalue weighted by molar-refractivity contribution is -0.308. The summed E-state index contributed by atoms with van der Waals surface area (Å²) >= 11 is 0. The molecule has 1 amide bonds. The topological polar surface area (TPSA) is 78.5 Å². The van der Waals surface area contributed by atoms with Crippen LogP contribution in [0.25, 0.3) is 0 Å². The van der Waals surface area contributed by atoms with Crippen LogP contribution in [-0.4, -0.2) is 23.7 Å². The van der Waals surface area contributed by atoms with Crippen molar-refractivity contribution >= 4 is 12.1 Å². The number of aliphatic carboxylic acids is 1. The quantitative estimate of drug-likeness (QED) is 0.770. The Bertz CT molecular complexity index is 255. The van der Waals surface area contributed by atoms with Crippen LogP contribution in [0.5, 0.6) is 0 Å². The van der Waals surface area contributed by atoms with Gasteiger partial charge in [0.2, 0.25) is 0 Å². The van der Waals surface area contributed by atoms with Crippen molar-refractivity contribution in [2.45, 2.75) is 52.7 Å². The summed E-state index contributed by atoms with van der Waals surface area (Å²) in [6.45, 7) is 8.87. The molecule has 0 aromatic rings. The van der Waals surface area contributed by atoms with E-state index in [1.54, 1.807) is 20.8 Å². The SMILES string of the molecule is CC(C)C[C@@H](NC(=O)OC(C)(C)C)C(=O)[O-]. The number of carbonyl (C=O) groups excluding carboxylic acids is 2. The summed E-state index contributed by atoms with van der Waals surface area (Å²) in [4.78, 5) is 22.1. The largest absolute Gasteiger partial charge is 0.548 e. The Kier molecular flexibility index (Phi) is 5.27. The maximum atomic E-state index is 11.3. The molecule has 0 unspecified atom stereocenters. The van der Waals surface area contributed by atoms with Crippen molar-refractivity contribution in [1.82, 2.24) is 5.32 Å². The van der Waals surface area contributed by atoms with E-state index in [1.807, 2.05) is 13.8 Å². The number of rotatable bonds is 4. The van der Waals surface area contributed by atoms with Crippen molar-refractivity contribution in [3.8, 4) is 0 Å². The highest BCUT2D eigenvalue weighted by atomic mass is 16.6. The van der Waals surface area contributed by atoms with Crippen molar-refractivity contribution in [2.75, 3.05) is 0 Å². The van der Waals surface area contributed by atoms with Crippen LogP contribution >= 0.6 is 0 Å². The van der Waals surface area contributed by atoms with Gasteiger partial charge in [-0.3, -0.25) is 0 Å². The first-order valence-corrected chi connectivity index (χ1v) is 5.32. The van der Waals surface area contributed by atoms with Gasteiger partial charge in [0.1, 0.15) is 5.60 Å². The zero-order valence-corrected chi connectivity index (χ0v) is 10.5. The minimum atomic E-state index is -1.29. The fourth-order valence-corrected chi connectivity index (χ4v) is 1.14. The summed E-state index contributed by atoms with van der Waals surface area (Å²) in [6.07, 6.45) is -0.413. The number of amides is 1. The third kappa shape index (κ3) is 7.09. The lowest BCUT2D eigenvalue weighted by atomic mass is 10.0. The Morgan fingerprint density at radius 3 is 2.12 bits per heavy atom. The molecule has 94 valence electrons. The minimum absolute atomic E-state index is 0.151. The van der Waals surface area contributed by atoms with Gasteiger partial charge >= 0.3 is 6.09 Å². The molecule has 0 bridgehead atoms. The van der Waals surface area contributed by atoms with Crippen molar-refractivity contribution in [1.29, 1.82) is 0 Å². The second-order valence-electron chi connectivity index (χ2n) is 5.15. The molecule has 5 heteroatoms. The molecule has 0 aliphatic carbocycles. The molecular weight excluding hydrogens is 210 g/mol. The van der Waals surface area contributed by atoms with Crippen LogP contribution < -0.4 is 10.4 Å². The molecule has 0 heterocycles. The smallest absolute Gasteiger partial charge is 0.408 e. The van der Waals surface area contributed by atoms with Gasteiger partial charge in [-0.25, -0.2) is 4.79 Å². The van der Waals surface area contributed by atoms with Gasteiger partial charge in [0.05, 0.1) is 12.0 Å². The van der Waals surface area contributed by atoms with Gasteiger partial charge in [-0.1, -0.05) is 13.8 Å². The Morgan fingerprint density at radius 1 is 1.31 bits per heavy atom. The molecule has 0 saturated carbocycles. The van der Waals surface area contributed by atoms with Gasteiger partial charge in [-0.05, 0) is 33.1 Å². The summed E-state index contributed by atoms with van der Waals surface area (Å²) in [6, 6.07) is -1.00. The standard InChI is InChI=1S/C11H21NO4/c1-7(2)6-8(9(13)14)12-10(15)16-11(3,4)5/h7-8H,6H2,1-5H3,(H,12,15)(H,13,14)/p-1/t8-/m1/s1. The molecule has 0 radical (unpaired) electrons. The number of nitrogens with one attached hydrogen (secondary N) is 1. The lowest BCUT2D eigenvalue weighted by Crippen LogP contribution is -2.49. The second kappa shape index (κ2) is 5.72. The number of carboxylic acids is 1. The van der Waals surface area contributed by atoms with Crippen LogP contribution in [0.2, 0.25) is 0 Å². The summed E-state index contributed by atoms with van der Waals surface area (Å²) in [5.41, 5.74) is -0.640. The fraction of sp³-hybridized carbons (Fsp3) is 0.818. The van der Waals surface area contributed by atoms with Crippen molar-refractivity contribution in [2.24, 2.45) is 5.92 Å². The summed E-state index contributed by atoms with van der Waals surface area (Å²) < 4.78 is 4.96. The van der Waals surface area contributed by atoms with Crippen molar-refractivity contribution < 1.29 is 19.4 Å². The van der Waals surface area contributed by atoms with Crippen LogP contribution in [0.3, 0.4) is 0 Å². The first kappa shape index (κ1) is 14.7. The molecule has 1 N–H and O–H groups in total. The van der Waals surface area contributed by atoms with E-state index in [0.717, 1.165) is 0 Å². The number of alkyl carbamates (subject to hydrolysis) is 1. The Balaban J connectivity index is 4.30. The van der Waals surface area contributed by atoms with Gasteiger partial charge in [0.25, 0.3) is 0 Å². The number of hydrogen-bond acceptors (Lipinski definition) is 4. The average molecular weight is 230 g/mol. The zero-order valence-electron chi connectivity index (χ0n) is 10.5. The Hall–Kier alpha value is -1.26. The maximum absolute atomic E-state index is 11.3. The molecule has 0 saturated heterocycles. The molecule has 0 aromatic carbocycles. The van der Waals surface area contributed by atoms with E-state index in [0.29, 0.717) is 6.42 Å². The molecule has 0 spiro atoms. The molecule has 0 rings (SSSR count). The van der Waals surface area contributed by atoms with E-state index < -0.39 is 23.7 Å². The van der Waals surface area contributed by atoms with Gasteiger partial charge in [0, 0.05) is 0 Å². The van der Waals surface area contributed by atoms with Crippen molar-refractivity contribution in [3.05, 3.63) is 0 Å². The van der Waals surface area contributed by atoms with Gasteiger partial charge in [0.15, 0.2) is 0 Å². The van der Waals surface area contributed by atoms with Crippen LogP contribution in [-0.2, 0) is 9.53 Å². The van der Waals surface area contributed by atoms with E-state index in [4.69, 9.17) is 4.74 Å². The van der Waals surface area contributed by atoms with Crippen molar-refractivity contribution in [3.63, 3.8) is 0 Å². The molecule has 1 atom stereocenters. The van der Waals surface area contributed by atoms with Crippen LogP contribution in [0, 0.1) is 5.92 Å². The van der Waals surface area contributed by atoms with Gasteiger partial charge in [-0.15, -0.1) is 0 Å². The normalized spacial score (nSPS) is 13.4. The predicted molar refractivity (Wildman–Crippen MR) is 57.6 cm³/mol. The average Bonchev–Trinajstić information content (AvgIpc) is 1.97. The highest BCUT2D eigenvalue weighted by molar-refractivity contribution is 5.78. The molecule has 0 aliphatic heterocycles. The maximum Gasteiger partial charge on any atom is 0.408 e. The third-order valence-corrected chi connectivity index (χ3v) is 1.68. The van der Waals surface area contributed by atoms with E-state index in [-0.39, 0.29) is 5.92 Å². The molecular formula is C11H20NO4-. The van der Waals surface area contributed by atoms with Gasteiger partial charge < -0.3 is 20.0 Å². The fourth-order valence-electron chi connectivity index (χ4n) is 1.14. The van der Waals surface area contributed by atoms with Crippen LogP contribution in [0.15, 0.2) is 0 Å². The highest BCUT2D eigenvalue weighted by Gasteiger charge is 2.20. The van der Waals surface area contributed by atoms with E-state index in [9.17, 15) is 14.7 Å². The number of carbonyl (C=O) groups is 2. The molecule has 0 aliphatic rings. The number of hydrogen-bond donors (Lipinski definition) is 1. The molecule has 16 heavy (non-hydrogen) atoms.